The fraction of sp³-hybridized carbons (Fsp3) is 0.322. The van der Waals surface area contributed by atoms with Crippen LogP contribution in [0.15, 0.2) is 133 Å². The molecule has 5 amide bonds. The summed E-state index contributed by atoms with van der Waals surface area (Å²) in [7, 11) is 1.72. The van der Waals surface area contributed by atoms with Crippen molar-refractivity contribution in [2.24, 2.45) is 5.41 Å². The monoisotopic (exact) mass is 1020 g/mol. The number of aromatic hydroxyl groups is 1. The van der Waals surface area contributed by atoms with Crippen molar-refractivity contribution >= 4 is 52.0 Å². The maximum absolute atomic E-state index is 14.2. The van der Waals surface area contributed by atoms with Crippen LogP contribution in [0.2, 0.25) is 0 Å². The number of carbonyl (C=O) groups is 5. The first-order chi connectivity index (χ1) is 35.5. The van der Waals surface area contributed by atoms with E-state index in [-0.39, 0.29) is 55.6 Å². The first kappa shape index (κ1) is 54.2. The van der Waals surface area contributed by atoms with E-state index in [2.05, 4.69) is 40.0 Å². The number of carbonyl (C=O) groups excluding carboxylic acids is 5. The average molecular weight is 1020 g/mol. The highest BCUT2D eigenvalue weighted by molar-refractivity contribution is 7.13. The van der Waals surface area contributed by atoms with Crippen LogP contribution in [-0.4, -0.2) is 106 Å². The molecule has 3 atom stereocenters. The number of rotatable bonds is 20. The van der Waals surface area contributed by atoms with E-state index in [1.165, 1.54) is 34.7 Å². The molecule has 0 aliphatic carbocycles. The van der Waals surface area contributed by atoms with Crippen molar-refractivity contribution in [3.05, 3.63) is 172 Å². The molecule has 0 unspecified atom stereocenters. The zero-order valence-electron chi connectivity index (χ0n) is 42.9. The van der Waals surface area contributed by atoms with Crippen LogP contribution in [0, 0.1) is 12.3 Å². The first-order valence-corrected chi connectivity index (χ1v) is 25.9. The van der Waals surface area contributed by atoms with Gasteiger partial charge in [-0.15, -0.1) is 11.3 Å². The van der Waals surface area contributed by atoms with Gasteiger partial charge in [-0.2, -0.15) is 0 Å². The van der Waals surface area contributed by atoms with Gasteiger partial charge in [0.2, 0.25) is 17.7 Å². The summed E-state index contributed by atoms with van der Waals surface area (Å²) in [5.41, 5.74) is 9.84. The molecule has 386 valence electrons. The number of nitrogens with one attached hydrogen (secondary N) is 3. The molecule has 15 heteroatoms. The van der Waals surface area contributed by atoms with E-state index in [1.807, 2.05) is 107 Å². The van der Waals surface area contributed by atoms with Crippen LogP contribution in [-0.2, 0) is 20.9 Å². The molecule has 74 heavy (non-hydrogen) atoms. The summed E-state index contributed by atoms with van der Waals surface area (Å²) in [5.74, 6) is -0.990. The Kier molecular flexibility index (Phi) is 18.2. The van der Waals surface area contributed by atoms with Crippen LogP contribution >= 0.6 is 11.3 Å². The number of ether oxygens (including phenoxy) is 1. The fourth-order valence-corrected chi connectivity index (χ4v) is 9.76. The van der Waals surface area contributed by atoms with E-state index >= 15 is 0 Å². The summed E-state index contributed by atoms with van der Waals surface area (Å²) in [6.07, 6.45) is 0.596. The van der Waals surface area contributed by atoms with E-state index < -0.39 is 41.3 Å². The Balaban J connectivity index is 0.846. The van der Waals surface area contributed by atoms with Gasteiger partial charge in [0.05, 0.1) is 28.7 Å². The lowest BCUT2D eigenvalue weighted by Crippen LogP contribution is -2.57. The van der Waals surface area contributed by atoms with E-state index in [9.17, 15) is 34.2 Å². The lowest BCUT2D eigenvalue weighted by Gasteiger charge is -2.35. The quantitative estimate of drug-likeness (QED) is 0.0368. The van der Waals surface area contributed by atoms with Crippen molar-refractivity contribution in [3.63, 3.8) is 0 Å². The number of aromatic nitrogens is 1. The highest BCUT2D eigenvalue weighted by Crippen LogP contribution is 2.36. The van der Waals surface area contributed by atoms with Gasteiger partial charge in [-0.3, -0.25) is 24.0 Å². The summed E-state index contributed by atoms with van der Waals surface area (Å²) in [6.45, 7) is 10.6. The summed E-state index contributed by atoms with van der Waals surface area (Å²) >= 11 is 1.56. The molecule has 1 saturated heterocycles. The Morgan fingerprint density at radius 1 is 0.811 bits per heavy atom. The molecule has 1 aliphatic heterocycles. The van der Waals surface area contributed by atoms with Gasteiger partial charge in [0, 0.05) is 50.7 Å². The molecule has 0 radical (unpaired) electrons. The number of allylic oxidation sites excluding steroid dienone is 1. The van der Waals surface area contributed by atoms with Crippen molar-refractivity contribution in [2.45, 2.75) is 85.0 Å². The number of hydrogen-bond acceptors (Lipinski definition) is 10. The van der Waals surface area contributed by atoms with Gasteiger partial charge >= 0.3 is 0 Å². The largest absolute Gasteiger partial charge is 0.508 e. The Morgan fingerprint density at radius 3 is 2.04 bits per heavy atom. The van der Waals surface area contributed by atoms with Crippen LogP contribution < -0.4 is 20.7 Å². The van der Waals surface area contributed by atoms with Crippen molar-refractivity contribution in [1.29, 1.82) is 0 Å². The lowest BCUT2D eigenvalue weighted by atomic mass is 9.85. The molecule has 2 heterocycles. The Hall–Kier alpha value is -7.62. The van der Waals surface area contributed by atoms with Gasteiger partial charge in [0.1, 0.15) is 30.2 Å². The number of aliphatic hydroxyl groups excluding tert-OH is 1. The second kappa shape index (κ2) is 24.9. The molecule has 14 nitrogen and oxygen atoms in total. The maximum atomic E-state index is 14.2. The summed E-state index contributed by atoms with van der Waals surface area (Å²) in [6, 6.07) is 37.3. The Morgan fingerprint density at radius 2 is 1.43 bits per heavy atom. The van der Waals surface area contributed by atoms with E-state index in [1.54, 1.807) is 40.9 Å². The van der Waals surface area contributed by atoms with Gasteiger partial charge in [-0.05, 0) is 113 Å². The summed E-state index contributed by atoms with van der Waals surface area (Å²) < 4.78 is 6.03. The van der Waals surface area contributed by atoms with Crippen LogP contribution in [0.5, 0.6) is 11.5 Å². The highest BCUT2D eigenvalue weighted by Gasteiger charge is 2.44. The number of phenols is 1. The number of likely N-dealkylation sites (tertiary alicyclic amines) is 1. The van der Waals surface area contributed by atoms with Crippen LogP contribution in [0.4, 0.5) is 0 Å². The molecule has 5 N–H and O–H groups in total. The molecule has 1 aliphatic rings. The standard InChI is InChI=1S/C59H66N6O8S/c1-7-49(40-12-9-8-10-13-40)52(41-23-27-46(66)28-24-41)42-25-29-48(30-26-42)73-33-32-64(6)51(68)14-11-31-60-55(69)44-19-21-45(22-20-44)56(70)63-54(59(3,4)5)58(72)65-36-47(67)34-50(65)57(71)61-35-39-15-17-43(18-16-39)53-38(2)62-37-74-53/h8-10,12-13,15-30,37,47,50,54,66-67H,7,11,14,31-36H2,1-6H3,(H,60,69)(H,61,71)(H,63,70)/b52-49-/t47-,50+,54-/m1/s1. The van der Waals surface area contributed by atoms with Crippen LogP contribution in [0.25, 0.3) is 21.6 Å². The second-order valence-corrected chi connectivity index (χ2v) is 20.4. The molecule has 1 fully saturated rings. The molecule has 0 saturated carbocycles. The highest BCUT2D eigenvalue weighted by atomic mass is 32.1. The Bertz CT molecular complexity index is 2910. The maximum Gasteiger partial charge on any atom is 0.251 e. The minimum absolute atomic E-state index is 0.0529. The van der Waals surface area contributed by atoms with Crippen molar-refractivity contribution < 1.29 is 38.9 Å². The van der Waals surface area contributed by atoms with Gasteiger partial charge in [-0.1, -0.05) is 107 Å². The number of amides is 5. The average Bonchev–Trinajstić information content (AvgIpc) is 4.02. The van der Waals surface area contributed by atoms with Crippen LogP contribution in [0.1, 0.15) is 102 Å². The number of hydrogen-bond donors (Lipinski definition) is 5. The lowest BCUT2D eigenvalue weighted by molar-refractivity contribution is -0.142. The smallest absolute Gasteiger partial charge is 0.251 e. The third kappa shape index (κ3) is 13.9. The topological polar surface area (TPSA) is 190 Å². The van der Waals surface area contributed by atoms with Gasteiger partial charge in [-0.25, -0.2) is 4.98 Å². The minimum Gasteiger partial charge on any atom is -0.508 e. The number of aliphatic hydroxyl groups is 1. The van der Waals surface area contributed by atoms with Gasteiger partial charge < -0.3 is 40.7 Å². The molecule has 1 aromatic heterocycles. The third-order valence-corrected chi connectivity index (χ3v) is 14.1. The fourth-order valence-electron chi connectivity index (χ4n) is 8.95. The number of nitrogens with zero attached hydrogens (tertiary/aromatic N) is 3. The number of thiazole rings is 1. The first-order valence-electron chi connectivity index (χ1n) is 25.0. The number of benzene rings is 5. The molecule has 0 spiro atoms. The zero-order valence-corrected chi connectivity index (χ0v) is 43.7. The third-order valence-electron chi connectivity index (χ3n) is 13.1. The Labute approximate surface area is 437 Å². The summed E-state index contributed by atoms with van der Waals surface area (Å²) in [4.78, 5) is 75.7. The van der Waals surface area contributed by atoms with E-state index in [0.717, 1.165) is 50.4 Å². The minimum atomic E-state index is -1.04. The number of likely N-dealkylation sites (N-methyl/N-ethyl adjacent to an activating group) is 1. The van der Waals surface area contributed by atoms with Crippen molar-refractivity contribution in [2.75, 3.05) is 33.3 Å². The number of aryl methyl sites for hydroxylation is 1. The summed E-state index contributed by atoms with van der Waals surface area (Å²) in [5, 5.41) is 29.2. The van der Waals surface area contributed by atoms with Crippen molar-refractivity contribution in [1.82, 2.24) is 30.7 Å². The SMILES string of the molecule is CC/C(=C(\c1ccc(O)cc1)c1ccc(OCCN(C)C(=O)CCCNC(=O)c2ccc(C(=O)N[C@H](C(=O)N3C[C@H](O)C[C@H]3C(=O)NCc3ccc(-c4scnc4C)cc3)C(C)(C)C)cc2)cc1)c1ccccc1. The molecule has 7 rings (SSSR count). The van der Waals surface area contributed by atoms with Gasteiger partial charge in [0.15, 0.2) is 0 Å². The van der Waals surface area contributed by atoms with Crippen LogP contribution in [0.3, 0.4) is 0 Å². The number of phenolic OH excluding ortho intramolecular Hbond substituents is 1. The van der Waals surface area contributed by atoms with E-state index in [0.29, 0.717) is 30.9 Å². The second-order valence-electron chi connectivity index (χ2n) is 19.6. The molecule has 6 aromatic rings. The van der Waals surface area contributed by atoms with E-state index in [4.69, 9.17) is 4.74 Å². The number of β-amino-alcohol motifs (C(OH)–C–C–N with tert-alkyl or cyclic N) is 1. The normalized spacial score (nSPS) is 15.1. The predicted octanol–water partition coefficient (Wildman–Crippen LogP) is 8.66. The molecule has 5 aromatic carbocycles. The zero-order chi connectivity index (χ0) is 52.9. The molecular weight excluding hydrogens is 953 g/mol. The predicted molar refractivity (Wildman–Crippen MR) is 289 cm³/mol. The van der Waals surface area contributed by atoms with Crippen molar-refractivity contribution in [3.8, 4) is 21.9 Å². The van der Waals surface area contributed by atoms with Gasteiger partial charge in [0.25, 0.3) is 11.8 Å². The molecular formula is C59H66N6O8S. The molecule has 0 bridgehead atoms.